The zero-order chi connectivity index (χ0) is 15.7. The topological polar surface area (TPSA) is 12.0 Å². The highest BCUT2D eigenvalue weighted by molar-refractivity contribution is 14.1. The average Bonchev–Trinajstić information content (AvgIpc) is 2.44. The van der Waals surface area contributed by atoms with Gasteiger partial charge in [0, 0.05) is 3.57 Å². The Kier molecular flexibility index (Phi) is 5.33. The lowest BCUT2D eigenvalue weighted by Crippen LogP contribution is -2.20. The molecule has 0 fully saturated rings. The molecule has 0 amide bonds. The molecule has 112 valence electrons. The van der Waals surface area contributed by atoms with E-state index in [2.05, 4.69) is 79.9 Å². The van der Waals surface area contributed by atoms with E-state index in [-0.39, 0.29) is 6.04 Å². The number of hydrogen-bond donors (Lipinski definition) is 1. The number of aryl methyl sites for hydroxylation is 2. The molecule has 2 aromatic rings. The number of hydrogen-bond acceptors (Lipinski definition) is 1. The Morgan fingerprint density at radius 1 is 1.00 bits per heavy atom. The predicted octanol–water partition coefficient (Wildman–Crippen LogP) is 5.49. The minimum atomic E-state index is 0.165. The highest BCUT2D eigenvalue weighted by Crippen LogP contribution is 2.33. The number of rotatable bonds is 3. The molecule has 0 bridgehead atoms. The molecule has 1 atom stereocenters. The van der Waals surface area contributed by atoms with Gasteiger partial charge in [-0.3, -0.25) is 0 Å². The van der Waals surface area contributed by atoms with Crippen LogP contribution in [0.4, 0.5) is 0 Å². The van der Waals surface area contributed by atoms with Crippen molar-refractivity contribution in [2.45, 2.75) is 33.7 Å². The molecule has 21 heavy (non-hydrogen) atoms. The lowest BCUT2D eigenvalue weighted by molar-refractivity contribution is 0.681. The van der Waals surface area contributed by atoms with Crippen molar-refractivity contribution < 1.29 is 0 Å². The third-order valence-corrected chi connectivity index (χ3v) is 5.85. The first-order chi connectivity index (χ1) is 9.86. The molecule has 0 aromatic heterocycles. The normalized spacial score (nSPS) is 12.5. The molecule has 3 heteroatoms. The highest BCUT2D eigenvalue weighted by atomic mass is 127. The van der Waals surface area contributed by atoms with E-state index < -0.39 is 0 Å². The minimum absolute atomic E-state index is 0.165. The lowest BCUT2D eigenvalue weighted by Gasteiger charge is -2.24. The van der Waals surface area contributed by atoms with Gasteiger partial charge in [0.15, 0.2) is 0 Å². The van der Waals surface area contributed by atoms with E-state index in [9.17, 15) is 0 Å². The van der Waals surface area contributed by atoms with Crippen LogP contribution in [-0.4, -0.2) is 7.05 Å². The zero-order valence-corrected chi connectivity index (χ0v) is 16.1. The summed E-state index contributed by atoms with van der Waals surface area (Å²) in [5.41, 5.74) is 7.96. The molecule has 0 saturated heterocycles. The SMILES string of the molecule is CNC(c1ccc(I)c(Cl)c1)c1c(C)c(C)cc(C)c1C. The van der Waals surface area contributed by atoms with Gasteiger partial charge in [-0.1, -0.05) is 23.7 Å². The molecule has 0 aliphatic carbocycles. The van der Waals surface area contributed by atoms with E-state index in [1.807, 2.05) is 7.05 Å². The fourth-order valence-electron chi connectivity index (χ4n) is 2.85. The Balaban J connectivity index is 2.64. The van der Waals surface area contributed by atoms with Crippen molar-refractivity contribution in [1.82, 2.24) is 5.32 Å². The van der Waals surface area contributed by atoms with Crippen LogP contribution in [0.2, 0.25) is 5.02 Å². The van der Waals surface area contributed by atoms with Crippen LogP contribution >= 0.6 is 34.2 Å². The summed E-state index contributed by atoms with van der Waals surface area (Å²) in [4.78, 5) is 0. The summed E-state index contributed by atoms with van der Waals surface area (Å²) in [5, 5.41) is 4.27. The molecule has 0 spiro atoms. The standard InChI is InChI=1S/C18H21ClIN/c1-10-8-11(2)13(4)17(12(10)3)18(21-5)14-6-7-16(20)15(19)9-14/h6-9,18,21H,1-5H3. The van der Waals surface area contributed by atoms with E-state index in [4.69, 9.17) is 11.6 Å². The lowest BCUT2D eigenvalue weighted by atomic mass is 9.87. The van der Waals surface area contributed by atoms with Gasteiger partial charge in [0.05, 0.1) is 11.1 Å². The number of halogens is 2. The second-order valence-corrected chi connectivity index (χ2v) is 7.14. The summed E-state index contributed by atoms with van der Waals surface area (Å²) < 4.78 is 1.08. The van der Waals surface area contributed by atoms with Gasteiger partial charge in [0.1, 0.15) is 0 Å². The van der Waals surface area contributed by atoms with Gasteiger partial charge in [0.2, 0.25) is 0 Å². The molecule has 1 nitrogen and oxygen atoms in total. The van der Waals surface area contributed by atoms with E-state index in [0.29, 0.717) is 0 Å². The largest absolute Gasteiger partial charge is 0.309 e. The Labute approximate surface area is 146 Å². The Bertz CT molecular complexity index is 653. The fourth-order valence-corrected chi connectivity index (χ4v) is 3.37. The molecule has 2 aromatic carbocycles. The van der Waals surface area contributed by atoms with Crippen molar-refractivity contribution in [3.05, 3.63) is 66.2 Å². The third kappa shape index (κ3) is 3.27. The molecule has 1 unspecified atom stereocenters. The van der Waals surface area contributed by atoms with Gasteiger partial charge in [-0.05, 0) is 103 Å². The van der Waals surface area contributed by atoms with Crippen LogP contribution in [0.15, 0.2) is 24.3 Å². The Morgan fingerprint density at radius 3 is 2.05 bits per heavy atom. The van der Waals surface area contributed by atoms with Crippen molar-refractivity contribution in [2.75, 3.05) is 7.05 Å². The quantitative estimate of drug-likeness (QED) is 0.656. The van der Waals surface area contributed by atoms with E-state index >= 15 is 0 Å². The summed E-state index contributed by atoms with van der Waals surface area (Å²) in [5.74, 6) is 0. The molecule has 0 aliphatic heterocycles. The first-order valence-corrected chi connectivity index (χ1v) is 8.52. The molecule has 1 N–H and O–H groups in total. The van der Waals surface area contributed by atoms with Crippen LogP contribution in [0, 0.1) is 31.3 Å². The van der Waals surface area contributed by atoms with Gasteiger partial charge in [-0.15, -0.1) is 0 Å². The summed E-state index contributed by atoms with van der Waals surface area (Å²) in [7, 11) is 2.01. The number of benzene rings is 2. The summed E-state index contributed by atoms with van der Waals surface area (Å²) in [6.45, 7) is 8.77. The van der Waals surface area contributed by atoms with Crippen LogP contribution in [0.1, 0.15) is 39.4 Å². The first-order valence-electron chi connectivity index (χ1n) is 7.06. The maximum absolute atomic E-state index is 6.31. The molecular weight excluding hydrogens is 393 g/mol. The smallest absolute Gasteiger partial charge is 0.0580 e. The second-order valence-electron chi connectivity index (χ2n) is 5.57. The van der Waals surface area contributed by atoms with Crippen LogP contribution < -0.4 is 5.32 Å². The van der Waals surface area contributed by atoms with Crippen LogP contribution in [-0.2, 0) is 0 Å². The van der Waals surface area contributed by atoms with Crippen molar-refractivity contribution in [1.29, 1.82) is 0 Å². The van der Waals surface area contributed by atoms with Crippen LogP contribution in [0.3, 0.4) is 0 Å². The average molecular weight is 414 g/mol. The molecule has 0 heterocycles. The molecule has 0 saturated carbocycles. The maximum atomic E-state index is 6.31. The summed E-state index contributed by atoms with van der Waals surface area (Å²) in [6, 6.07) is 8.74. The van der Waals surface area contributed by atoms with Crippen LogP contribution in [0.5, 0.6) is 0 Å². The van der Waals surface area contributed by atoms with E-state index in [0.717, 1.165) is 8.59 Å². The molecule has 2 rings (SSSR count). The first kappa shape index (κ1) is 16.8. The maximum Gasteiger partial charge on any atom is 0.0580 e. The van der Waals surface area contributed by atoms with Gasteiger partial charge < -0.3 is 5.32 Å². The zero-order valence-electron chi connectivity index (χ0n) is 13.1. The van der Waals surface area contributed by atoms with Gasteiger partial charge in [-0.25, -0.2) is 0 Å². The monoisotopic (exact) mass is 413 g/mol. The predicted molar refractivity (Wildman–Crippen MR) is 100 cm³/mol. The summed E-state index contributed by atoms with van der Waals surface area (Å²) >= 11 is 8.57. The van der Waals surface area contributed by atoms with Crippen LogP contribution in [0.25, 0.3) is 0 Å². The van der Waals surface area contributed by atoms with E-state index in [1.54, 1.807) is 0 Å². The van der Waals surface area contributed by atoms with Crippen molar-refractivity contribution in [2.24, 2.45) is 0 Å². The van der Waals surface area contributed by atoms with E-state index in [1.165, 1.54) is 33.4 Å². The van der Waals surface area contributed by atoms with Gasteiger partial charge in [0.25, 0.3) is 0 Å². The van der Waals surface area contributed by atoms with Crippen molar-refractivity contribution >= 4 is 34.2 Å². The molecule has 0 aliphatic rings. The third-order valence-electron chi connectivity index (χ3n) is 4.28. The van der Waals surface area contributed by atoms with Crippen molar-refractivity contribution in [3.8, 4) is 0 Å². The molecule has 0 radical (unpaired) electrons. The minimum Gasteiger partial charge on any atom is -0.309 e. The van der Waals surface area contributed by atoms with Gasteiger partial charge in [-0.2, -0.15) is 0 Å². The fraction of sp³-hybridized carbons (Fsp3) is 0.333. The molecular formula is C18H21ClIN. The number of nitrogens with one attached hydrogen (secondary N) is 1. The Morgan fingerprint density at radius 2 is 1.57 bits per heavy atom. The highest BCUT2D eigenvalue weighted by Gasteiger charge is 2.19. The second kappa shape index (κ2) is 6.67. The summed E-state index contributed by atoms with van der Waals surface area (Å²) in [6.07, 6.45) is 0. The Hall–Kier alpha value is -0.580. The van der Waals surface area contributed by atoms with Gasteiger partial charge >= 0.3 is 0 Å². The van der Waals surface area contributed by atoms with Crippen molar-refractivity contribution in [3.63, 3.8) is 0 Å².